The number of amides is 1. The van der Waals surface area contributed by atoms with Gasteiger partial charge < -0.3 is 14.6 Å². The lowest BCUT2D eigenvalue weighted by atomic mass is 10.1. The molecule has 3 aromatic rings. The van der Waals surface area contributed by atoms with Gasteiger partial charge >= 0.3 is 11.8 Å². The second kappa shape index (κ2) is 9.38. The van der Waals surface area contributed by atoms with Gasteiger partial charge in [-0.25, -0.2) is 8.42 Å². The largest absolute Gasteiger partial charge is 0.379 e. The molecular weight excluding hydrogens is 420 g/mol. The minimum Gasteiger partial charge on any atom is -0.379 e. The van der Waals surface area contributed by atoms with E-state index in [9.17, 15) is 13.2 Å². The molecule has 10 heteroatoms. The quantitative estimate of drug-likeness (QED) is 0.593. The second-order valence-electron chi connectivity index (χ2n) is 6.96. The Bertz CT molecular complexity index is 1120. The van der Waals surface area contributed by atoms with Crippen molar-refractivity contribution in [1.29, 1.82) is 0 Å². The van der Waals surface area contributed by atoms with E-state index in [1.807, 2.05) is 30.3 Å². The molecule has 1 amide bonds. The number of rotatable bonds is 7. The van der Waals surface area contributed by atoms with Crippen molar-refractivity contribution in [2.75, 3.05) is 32.8 Å². The molecule has 1 fully saturated rings. The highest BCUT2D eigenvalue weighted by Gasteiger charge is 2.26. The lowest BCUT2D eigenvalue weighted by molar-refractivity contribution is 0.0730. The average Bonchev–Trinajstić information content (AvgIpc) is 3.31. The van der Waals surface area contributed by atoms with Crippen molar-refractivity contribution in [3.8, 4) is 11.4 Å². The minimum atomic E-state index is -3.58. The van der Waals surface area contributed by atoms with Crippen LogP contribution in [0.25, 0.3) is 11.4 Å². The van der Waals surface area contributed by atoms with Crippen LogP contribution in [-0.2, 0) is 21.2 Å². The molecule has 4 rings (SSSR count). The zero-order valence-electron chi connectivity index (χ0n) is 16.7. The summed E-state index contributed by atoms with van der Waals surface area (Å²) in [7, 11) is -3.58. The molecule has 1 N–H and O–H groups in total. The molecule has 31 heavy (non-hydrogen) atoms. The summed E-state index contributed by atoms with van der Waals surface area (Å²) in [6.07, 6.45) is 0.687. The molecule has 0 bridgehead atoms. The number of nitrogens with one attached hydrogen (secondary N) is 1. The lowest BCUT2D eigenvalue weighted by Crippen LogP contribution is -2.40. The van der Waals surface area contributed by atoms with Gasteiger partial charge in [-0.3, -0.25) is 4.79 Å². The van der Waals surface area contributed by atoms with Gasteiger partial charge in [0.1, 0.15) is 0 Å². The Kier molecular flexibility index (Phi) is 6.40. The van der Waals surface area contributed by atoms with Crippen molar-refractivity contribution in [3.63, 3.8) is 0 Å². The van der Waals surface area contributed by atoms with Crippen LogP contribution < -0.4 is 5.32 Å². The summed E-state index contributed by atoms with van der Waals surface area (Å²) < 4.78 is 37.1. The molecule has 162 valence electrons. The molecule has 1 aliphatic heterocycles. The average molecular weight is 442 g/mol. The fraction of sp³-hybridized carbons (Fsp3) is 0.286. The van der Waals surface area contributed by atoms with Crippen LogP contribution in [0.3, 0.4) is 0 Å². The Morgan fingerprint density at radius 2 is 1.74 bits per heavy atom. The highest BCUT2D eigenvalue weighted by molar-refractivity contribution is 7.89. The highest BCUT2D eigenvalue weighted by atomic mass is 32.2. The fourth-order valence-corrected chi connectivity index (χ4v) is 4.59. The predicted molar refractivity (Wildman–Crippen MR) is 112 cm³/mol. The lowest BCUT2D eigenvalue weighted by Gasteiger charge is -2.26. The van der Waals surface area contributed by atoms with Crippen molar-refractivity contribution in [1.82, 2.24) is 19.8 Å². The van der Waals surface area contributed by atoms with E-state index >= 15 is 0 Å². The maximum Gasteiger partial charge on any atom is 0.316 e. The maximum absolute atomic E-state index is 12.7. The summed E-state index contributed by atoms with van der Waals surface area (Å²) in [6, 6.07) is 16.0. The van der Waals surface area contributed by atoms with Crippen LogP contribution in [0.4, 0.5) is 0 Å². The number of hydrogen-bond acceptors (Lipinski definition) is 7. The van der Waals surface area contributed by atoms with Crippen molar-refractivity contribution in [3.05, 3.63) is 66.1 Å². The van der Waals surface area contributed by atoms with Crippen LogP contribution in [0.15, 0.2) is 64.0 Å². The first kappa shape index (κ1) is 21.2. The van der Waals surface area contributed by atoms with Crippen LogP contribution in [0.5, 0.6) is 0 Å². The molecule has 0 aliphatic carbocycles. The third-order valence-corrected chi connectivity index (χ3v) is 6.80. The van der Waals surface area contributed by atoms with Crippen molar-refractivity contribution in [2.45, 2.75) is 11.3 Å². The zero-order valence-corrected chi connectivity index (χ0v) is 17.5. The minimum absolute atomic E-state index is 0.145. The Morgan fingerprint density at radius 1 is 1.03 bits per heavy atom. The molecule has 0 saturated carbocycles. The molecule has 0 spiro atoms. The number of aromatic nitrogens is 2. The molecular formula is C21H22N4O5S. The van der Waals surface area contributed by atoms with Crippen LogP contribution in [0.2, 0.25) is 0 Å². The molecule has 1 aliphatic rings. The molecule has 0 atom stereocenters. The first-order chi connectivity index (χ1) is 15.0. The van der Waals surface area contributed by atoms with E-state index in [1.54, 1.807) is 12.1 Å². The molecule has 2 aromatic carbocycles. The summed E-state index contributed by atoms with van der Waals surface area (Å²) >= 11 is 0. The van der Waals surface area contributed by atoms with E-state index < -0.39 is 15.9 Å². The fourth-order valence-electron chi connectivity index (χ4n) is 3.19. The summed E-state index contributed by atoms with van der Waals surface area (Å²) in [4.78, 5) is 16.5. The monoisotopic (exact) mass is 442 g/mol. The van der Waals surface area contributed by atoms with Crippen LogP contribution in [0, 0.1) is 0 Å². The summed E-state index contributed by atoms with van der Waals surface area (Å²) in [5.74, 6) is -0.391. The van der Waals surface area contributed by atoms with Gasteiger partial charge in [0.2, 0.25) is 15.8 Å². The standard InChI is InChI=1S/C21H22N4O5S/c26-20(22-11-10-16-4-2-1-3-5-16)21-23-19(24-30-21)17-6-8-18(9-7-17)31(27,28)25-12-14-29-15-13-25/h1-9H,10-15H2,(H,22,26). The Labute approximate surface area is 180 Å². The van der Waals surface area contributed by atoms with E-state index in [2.05, 4.69) is 15.5 Å². The number of morpholine rings is 1. The SMILES string of the molecule is O=C(NCCc1ccccc1)c1nc(-c2ccc(S(=O)(=O)N3CCOCC3)cc2)no1. The first-order valence-corrected chi connectivity index (χ1v) is 11.3. The Hall–Kier alpha value is -3.08. The van der Waals surface area contributed by atoms with Gasteiger partial charge in [-0.15, -0.1) is 0 Å². The van der Waals surface area contributed by atoms with Crippen molar-refractivity contribution in [2.24, 2.45) is 0 Å². The first-order valence-electron chi connectivity index (χ1n) is 9.88. The van der Waals surface area contributed by atoms with Gasteiger partial charge in [-0.1, -0.05) is 35.5 Å². The van der Waals surface area contributed by atoms with Gasteiger partial charge in [0.15, 0.2) is 0 Å². The highest BCUT2D eigenvalue weighted by Crippen LogP contribution is 2.22. The third kappa shape index (κ3) is 4.98. The topological polar surface area (TPSA) is 115 Å². The smallest absolute Gasteiger partial charge is 0.316 e. The number of sulfonamides is 1. The molecule has 9 nitrogen and oxygen atoms in total. The van der Waals surface area contributed by atoms with E-state index in [4.69, 9.17) is 9.26 Å². The van der Waals surface area contributed by atoms with Crippen molar-refractivity contribution < 1.29 is 22.5 Å². The second-order valence-corrected chi connectivity index (χ2v) is 8.89. The van der Waals surface area contributed by atoms with Gasteiger partial charge in [0.05, 0.1) is 18.1 Å². The molecule has 0 unspecified atom stereocenters. The summed E-state index contributed by atoms with van der Waals surface area (Å²) in [5.41, 5.74) is 1.66. The molecule has 2 heterocycles. The summed E-state index contributed by atoms with van der Waals surface area (Å²) in [5, 5.41) is 6.58. The zero-order chi connectivity index (χ0) is 21.7. The van der Waals surface area contributed by atoms with Crippen molar-refractivity contribution >= 4 is 15.9 Å². The number of benzene rings is 2. The predicted octanol–water partition coefficient (Wildman–Crippen LogP) is 1.73. The van der Waals surface area contributed by atoms with Crippen LogP contribution in [0.1, 0.15) is 16.2 Å². The number of carbonyl (C=O) groups excluding carboxylic acids is 1. The normalized spacial score (nSPS) is 15.0. The maximum atomic E-state index is 12.7. The number of hydrogen-bond donors (Lipinski definition) is 1. The van der Waals surface area contributed by atoms with E-state index in [0.29, 0.717) is 44.8 Å². The van der Waals surface area contributed by atoms with Crippen LogP contribution >= 0.6 is 0 Å². The molecule has 1 aromatic heterocycles. The van der Waals surface area contributed by atoms with Gasteiger partial charge in [0.25, 0.3) is 0 Å². The van der Waals surface area contributed by atoms with E-state index in [1.165, 1.54) is 16.4 Å². The number of ether oxygens (including phenoxy) is 1. The van der Waals surface area contributed by atoms with Gasteiger partial charge in [0, 0.05) is 25.2 Å². The molecule has 1 saturated heterocycles. The number of nitrogens with zero attached hydrogens (tertiary/aromatic N) is 3. The Morgan fingerprint density at radius 3 is 2.45 bits per heavy atom. The molecule has 0 radical (unpaired) electrons. The van der Waals surface area contributed by atoms with Gasteiger partial charge in [-0.05, 0) is 36.2 Å². The van der Waals surface area contributed by atoms with Gasteiger partial charge in [-0.2, -0.15) is 9.29 Å². The van der Waals surface area contributed by atoms with Crippen LogP contribution in [-0.4, -0.2) is 61.6 Å². The third-order valence-electron chi connectivity index (χ3n) is 4.88. The van der Waals surface area contributed by atoms with E-state index in [-0.39, 0.29) is 16.6 Å². The van der Waals surface area contributed by atoms with E-state index in [0.717, 1.165) is 5.56 Å². The summed E-state index contributed by atoms with van der Waals surface area (Å²) in [6.45, 7) is 1.87. The number of carbonyl (C=O) groups is 1. The Balaban J connectivity index is 1.38.